The van der Waals surface area contributed by atoms with E-state index < -0.39 is 0 Å². The molecule has 1 amide bonds. The summed E-state index contributed by atoms with van der Waals surface area (Å²) in [5, 5.41) is 0. The highest BCUT2D eigenvalue weighted by Gasteiger charge is 2.44. The summed E-state index contributed by atoms with van der Waals surface area (Å²) in [4.78, 5) is 18.5. The summed E-state index contributed by atoms with van der Waals surface area (Å²) in [5.74, 6) is 1.77. The summed E-state index contributed by atoms with van der Waals surface area (Å²) < 4.78 is 11.7. The van der Waals surface area contributed by atoms with E-state index in [2.05, 4.69) is 4.98 Å². The molecule has 0 radical (unpaired) electrons. The topological polar surface area (TPSA) is 51.7 Å². The highest BCUT2D eigenvalue weighted by Crippen LogP contribution is 2.35. The van der Waals surface area contributed by atoms with Gasteiger partial charge in [0.2, 0.25) is 5.91 Å². The number of fused-ring (bicyclic) bond motifs is 1. The molecule has 2 saturated heterocycles. The van der Waals surface area contributed by atoms with Crippen LogP contribution in [0.2, 0.25) is 0 Å². The van der Waals surface area contributed by atoms with E-state index in [9.17, 15) is 4.79 Å². The molecule has 0 saturated carbocycles. The summed E-state index contributed by atoms with van der Waals surface area (Å²) in [6.45, 7) is 5.66. The standard InChI is InChI=1S/C18H26N2O3S/c1-13-4-3-5-15(19-13)11-22-7-6-14-10-23-17-9-20(8-16(14)17)18(21)12-24-2/h3-5,14,16-17H,6-12H2,1-2H3/t14-,16-,17-/m0/s1. The molecule has 3 heterocycles. The van der Waals surface area contributed by atoms with Gasteiger partial charge in [-0.05, 0) is 37.7 Å². The molecular weight excluding hydrogens is 324 g/mol. The van der Waals surface area contributed by atoms with Gasteiger partial charge in [-0.15, -0.1) is 0 Å². The molecular formula is C18H26N2O3S. The lowest BCUT2D eigenvalue weighted by Crippen LogP contribution is -2.32. The highest BCUT2D eigenvalue weighted by atomic mass is 32.2. The number of hydrogen-bond donors (Lipinski definition) is 0. The van der Waals surface area contributed by atoms with Gasteiger partial charge >= 0.3 is 0 Å². The Hall–Kier alpha value is -1.11. The van der Waals surface area contributed by atoms with E-state index >= 15 is 0 Å². The van der Waals surface area contributed by atoms with Gasteiger partial charge in [-0.1, -0.05) is 6.07 Å². The highest BCUT2D eigenvalue weighted by molar-refractivity contribution is 7.99. The molecule has 3 rings (SSSR count). The van der Waals surface area contributed by atoms with Gasteiger partial charge < -0.3 is 14.4 Å². The Labute approximate surface area is 148 Å². The van der Waals surface area contributed by atoms with Gasteiger partial charge in [-0.3, -0.25) is 9.78 Å². The molecule has 2 aliphatic heterocycles. The Morgan fingerprint density at radius 2 is 2.33 bits per heavy atom. The van der Waals surface area contributed by atoms with Gasteiger partial charge in [0.1, 0.15) is 0 Å². The van der Waals surface area contributed by atoms with Crippen LogP contribution in [0.3, 0.4) is 0 Å². The number of likely N-dealkylation sites (tertiary alicyclic amines) is 1. The zero-order valence-corrected chi connectivity index (χ0v) is 15.3. The minimum atomic E-state index is 0.222. The van der Waals surface area contributed by atoms with Gasteiger partial charge in [-0.2, -0.15) is 11.8 Å². The molecule has 2 fully saturated rings. The third kappa shape index (κ3) is 4.29. The molecule has 0 spiro atoms. The quantitative estimate of drug-likeness (QED) is 0.705. The second-order valence-corrected chi connectivity index (χ2v) is 7.51. The smallest absolute Gasteiger partial charge is 0.232 e. The van der Waals surface area contributed by atoms with Crippen LogP contribution in [-0.4, -0.2) is 60.2 Å². The van der Waals surface area contributed by atoms with E-state index in [0.29, 0.717) is 30.8 Å². The van der Waals surface area contributed by atoms with Crippen molar-refractivity contribution in [1.29, 1.82) is 0 Å². The van der Waals surface area contributed by atoms with Crippen LogP contribution in [0.25, 0.3) is 0 Å². The van der Waals surface area contributed by atoms with Crippen LogP contribution in [0, 0.1) is 18.8 Å². The van der Waals surface area contributed by atoms with Crippen molar-refractivity contribution < 1.29 is 14.3 Å². The first kappa shape index (κ1) is 17.7. The first-order valence-electron chi connectivity index (χ1n) is 8.56. The van der Waals surface area contributed by atoms with Crippen LogP contribution in [-0.2, 0) is 20.9 Å². The largest absolute Gasteiger partial charge is 0.376 e. The molecule has 3 atom stereocenters. The molecule has 1 aromatic heterocycles. The Morgan fingerprint density at radius 3 is 3.12 bits per heavy atom. The van der Waals surface area contributed by atoms with E-state index in [-0.39, 0.29) is 12.0 Å². The van der Waals surface area contributed by atoms with E-state index in [4.69, 9.17) is 9.47 Å². The number of thioether (sulfide) groups is 1. The first-order valence-corrected chi connectivity index (χ1v) is 9.95. The Kier molecular flexibility index (Phi) is 6.14. The van der Waals surface area contributed by atoms with Crippen molar-refractivity contribution in [2.24, 2.45) is 11.8 Å². The second-order valence-electron chi connectivity index (χ2n) is 6.64. The average Bonchev–Trinajstić information content (AvgIpc) is 3.13. The van der Waals surface area contributed by atoms with Crippen LogP contribution >= 0.6 is 11.8 Å². The number of nitrogens with zero attached hydrogens (tertiary/aromatic N) is 2. The molecule has 6 heteroatoms. The number of carbonyl (C=O) groups is 1. The average molecular weight is 350 g/mol. The van der Waals surface area contributed by atoms with Gasteiger partial charge in [0.25, 0.3) is 0 Å². The zero-order valence-electron chi connectivity index (χ0n) is 14.4. The molecule has 0 bridgehead atoms. The summed E-state index contributed by atoms with van der Waals surface area (Å²) in [6.07, 6.45) is 3.17. The molecule has 0 aromatic carbocycles. The fourth-order valence-corrected chi connectivity index (χ4v) is 4.04. The maximum Gasteiger partial charge on any atom is 0.232 e. The molecule has 2 aliphatic rings. The van der Waals surface area contributed by atoms with Crippen molar-refractivity contribution in [2.45, 2.75) is 26.1 Å². The zero-order chi connectivity index (χ0) is 16.9. The lowest BCUT2D eigenvalue weighted by molar-refractivity contribution is -0.128. The lowest BCUT2D eigenvalue weighted by Gasteiger charge is -2.19. The van der Waals surface area contributed by atoms with Crippen molar-refractivity contribution >= 4 is 17.7 Å². The molecule has 0 aliphatic carbocycles. The van der Waals surface area contributed by atoms with Crippen LogP contribution in [0.5, 0.6) is 0 Å². The van der Waals surface area contributed by atoms with Gasteiger partial charge in [0.05, 0.1) is 30.8 Å². The molecule has 0 N–H and O–H groups in total. The number of rotatable bonds is 7. The monoisotopic (exact) mass is 350 g/mol. The van der Waals surface area contributed by atoms with E-state index in [1.807, 2.05) is 36.3 Å². The first-order chi connectivity index (χ1) is 11.7. The molecule has 0 unspecified atom stereocenters. The van der Waals surface area contributed by atoms with Crippen molar-refractivity contribution in [3.05, 3.63) is 29.6 Å². The normalized spacial score (nSPS) is 25.9. The van der Waals surface area contributed by atoms with Crippen molar-refractivity contribution in [3.63, 3.8) is 0 Å². The van der Waals surface area contributed by atoms with Gasteiger partial charge in [0.15, 0.2) is 0 Å². The fourth-order valence-electron chi connectivity index (χ4n) is 3.61. The van der Waals surface area contributed by atoms with E-state index in [1.54, 1.807) is 11.8 Å². The Morgan fingerprint density at radius 1 is 1.46 bits per heavy atom. The number of amides is 1. The molecule has 1 aromatic rings. The van der Waals surface area contributed by atoms with Crippen molar-refractivity contribution in [3.8, 4) is 0 Å². The minimum Gasteiger partial charge on any atom is -0.376 e. The maximum atomic E-state index is 12.0. The number of hydrogen-bond acceptors (Lipinski definition) is 5. The van der Waals surface area contributed by atoms with E-state index in [1.165, 1.54) is 0 Å². The summed E-state index contributed by atoms with van der Waals surface area (Å²) in [7, 11) is 0. The summed E-state index contributed by atoms with van der Waals surface area (Å²) >= 11 is 1.58. The summed E-state index contributed by atoms with van der Waals surface area (Å²) in [5.41, 5.74) is 1.99. The fraction of sp³-hybridized carbons (Fsp3) is 0.667. The molecule has 24 heavy (non-hydrogen) atoms. The third-order valence-corrected chi connectivity index (χ3v) is 5.42. The SMILES string of the molecule is CSCC(=O)N1C[C@H]2[C@@H](CCOCc3cccc(C)n3)CO[C@H]2C1. The predicted molar refractivity (Wildman–Crippen MR) is 94.9 cm³/mol. The van der Waals surface area contributed by atoms with Crippen LogP contribution in [0.4, 0.5) is 0 Å². The maximum absolute atomic E-state index is 12.0. The predicted octanol–water partition coefficient (Wildman–Crippen LogP) is 2.13. The third-order valence-electron chi connectivity index (χ3n) is 4.89. The van der Waals surface area contributed by atoms with E-state index in [0.717, 1.165) is 37.5 Å². The Balaban J connectivity index is 1.41. The van der Waals surface area contributed by atoms with Crippen LogP contribution in [0.15, 0.2) is 18.2 Å². The Bertz CT molecular complexity index is 569. The van der Waals surface area contributed by atoms with Crippen molar-refractivity contribution in [1.82, 2.24) is 9.88 Å². The van der Waals surface area contributed by atoms with Gasteiger partial charge in [0, 0.05) is 31.3 Å². The minimum absolute atomic E-state index is 0.222. The number of ether oxygens (including phenoxy) is 2. The number of aromatic nitrogens is 1. The number of aryl methyl sites for hydroxylation is 1. The van der Waals surface area contributed by atoms with Crippen LogP contribution in [0.1, 0.15) is 17.8 Å². The second kappa shape index (κ2) is 8.32. The number of carbonyl (C=O) groups excluding carboxylic acids is 1. The molecule has 132 valence electrons. The number of pyridine rings is 1. The van der Waals surface area contributed by atoms with Crippen molar-refractivity contribution in [2.75, 3.05) is 38.3 Å². The van der Waals surface area contributed by atoms with Gasteiger partial charge in [-0.25, -0.2) is 0 Å². The lowest BCUT2D eigenvalue weighted by atomic mass is 9.91. The van der Waals surface area contributed by atoms with Crippen LogP contribution < -0.4 is 0 Å². The molecule has 5 nitrogen and oxygen atoms in total. The summed E-state index contributed by atoms with van der Waals surface area (Å²) in [6, 6.07) is 5.99.